The minimum Gasteiger partial charge on any atom is -0.394 e. The van der Waals surface area contributed by atoms with Gasteiger partial charge in [0.25, 0.3) is 0 Å². The summed E-state index contributed by atoms with van der Waals surface area (Å²) in [5, 5.41) is 17.1. The molecule has 18 heavy (non-hydrogen) atoms. The Morgan fingerprint density at radius 3 is 2.94 bits per heavy atom. The zero-order chi connectivity index (χ0) is 13.3. The first-order valence-electron chi connectivity index (χ1n) is 6.24. The Hall–Kier alpha value is -1.62. The summed E-state index contributed by atoms with van der Waals surface area (Å²) in [6.45, 7) is 4.86. The Labute approximate surface area is 107 Å². The number of nitrogens with zero attached hydrogens (tertiary/aromatic N) is 2. The highest BCUT2D eigenvalue weighted by Crippen LogP contribution is 2.28. The van der Waals surface area contributed by atoms with Crippen LogP contribution in [0.15, 0.2) is 6.07 Å². The number of nitrogen functional groups attached to an aromatic ring is 1. The number of anilines is 1. The SMILES string of the molecule is Cc1cc(C)c(C(=N)N)c(N2CCCC2CO)n1. The lowest BCUT2D eigenvalue weighted by Crippen LogP contribution is -2.35. The van der Waals surface area contributed by atoms with Crippen molar-refractivity contribution in [2.75, 3.05) is 18.1 Å². The fraction of sp³-hybridized carbons (Fsp3) is 0.538. The van der Waals surface area contributed by atoms with Crippen LogP contribution in [0.5, 0.6) is 0 Å². The number of pyridine rings is 1. The van der Waals surface area contributed by atoms with Gasteiger partial charge >= 0.3 is 0 Å². The molecular formula is C13H20N4O. The van der Waals surface area contributed by atoms with Crippen LogP contribution in [0, 0.1) is 19.3 Å². The Morgan fingerprint density at radius 1 is 1.61 bits per heavy atom. The quantitative estimate of drug-likeness (QED) is 0.549. The topological polar surface area (TPSA) is 86.2 Å². The molecule has 1 aliphatic rings. The van der Waals surface area contributed by atoms with Gasteiger partial charge in [-0.1, -0.05) is 0 Å². The second kappa shape index (κ2) is 4.94. The van der Waals surface area contributed by atoms with Gasteiger partial charge in [0.1, 0.15) is 11.7 Å². The van der Waals surface area contributed by atoms with Gasteiger partial charge in [-0.3, -0.25) is 5.41 Å². The third-order valence-corrected chi connectivity index (χ3v) is 3.45. The number of aliphatic hydroxyl groups is 1. The molecule has 1 atom stereocenters. The first-order chi connectivity index (χ1) is 8.54. The molecule has 0 aromatic carbocycles. The second-order valence-corrected chi connectivity index (χ2v) is 4.86. The lowest BCUT2D eigenvalue weighted by atomic mass is 10.1. The largest absolute Gasteiger partial charge is 0.394 e. The number of hydrogen-bond acceptors (Lipinski definition) is 4. The monoisotopic (exact) mass is 248 g/mol. The Balaban J connectivity index is 2.51. The minimum atomic E-state index is 0.0404. The van der Waals surface area contributed by atoms with Gasteiger partial charge < -0.3 is 15.7 Å². The molecule has 1 saturated heterocycles. The van der Waals surface area contributed by atoms with Gasteiger partial charge in [0, 0.05) is 12.2 Å². The van der Waals surface area contributed by atoms with E-state index in [1.807, 2.05) is 19.9 Å². The summed E-state index contributed by atoms with van der Waals surface area (Å²) < 4.78 is 0. The number of aryl methyl sites for hydroxylation is 2. The highest BCUT2D eigenvalue weighted by atomic mass is 16.3. The molecule has 0 amide bonds. The van der Waals surface area contributed by atoms with Gasteiger partial charge in [-0.2, -0.15) is 0 Å². The third kappa shape index (κ3) is 2.18. The van der Waals surface area contributed by atoms with Crippen molar-refractivity contribution in [2.24, 2.45) is 5.73 Å². The standard InChI is InChI=1S/C13H20N4O/c1-8-6-9(2)16-13(11(8)12(14)15)17-5-3-4-10(17)7-18/h6,10,18H,3-5,7H2,1-2H3,(H3,14,15). The summed E-state index contributed by atoms with van der Waals surface area (Å²) in [6.07, 6.45) is 2.00. The van der Waals surface area contributed by atoms with Crippen molar-refractivity contribution >= 4 is 11.7 Å². The molecule has 0 bridgehead atoms. The summed E-state index contributed by atoms with van der Waals surface area (Å²) in [5.74, 6) is 0.787. The maximum absolute atomic E-state index is 9.41. The van der Waals surface area contributed by atoms with Crippen molar-refractivity contribution in [1.29, 1.82) is 5.41 Å². The van der Waals surface area contributed by atoms with Crippen LogP contribution in [0.2, 0.25) is 0 Å². The molecule has 1 fully saturated rings. The normalized spacial score (nSPS) is 19.3. The number of rotatable bonds is 3. The van der Waals surface area contributed by atoms with Crippen LogP contribution in [0.4, 0.5) is 5.82 Å². The maximum atomic E-state index is 9.41. The fourth-order valence-corrected chi connectivity index (χ4v) is 2.66. The average molecular weight is 248 g/mol. The van der Waals surface area contributed by atoms with Gasteiger partial charge in [-0.05, 0) is 38.3 Å². The summed E-state index contributed by atoms with van der Waals surface area (Å²) in [7, 11) is 0. The molecule has 0 spiro atoms. The molecular weight excluding hydrogens is 228 g/mol. The summed E-state index contributed by atoms with van der Waals surface area (Å²) in [4.78, 5) is 6.61. The number of aromatic nitrogens is 1. The van der Waals surface area contributed by atoms with Gasteiger partial charge in [0.2, 0.25) is 0 Å². The van der Waals surface area contributed by atoms with E-state index in [-0.39, 0.29) is 18.5 Å². The van der Waals surface area contributed by atoms with Crippen LogP contribution in [0.3, 0.4) is 0 Å². The second-order valence-electron chi connectivity index (χ2n) is 4.86. The van der Waals surface area contributed by atoms with E-state index in [1.54, 1.807) is 0 Å². The van der Waals surface area contributed by atoms with Gasteiger partial charge in [0.15, 0.2) is 0 Å². The molecule has 2 rings (SSSR count). The Morgan fingerprint density at radius 2 is 2.33 bits per heavy atom. The van der Waals surface area contributed by atoms with Gasteiger partial charge in [0.05, 0.1) is 18.2 Å². The van der Waals surface area contributed by atoms with E-state index in [0.29, 0.717) is 5.56 Å². The molecule has 1 unspecified atom stereocenters. The van der Waals surface area contributed by atoms with Crippen LogP contribution in [-0.2, 0) is 0 Å². The minimum absolute atomic E-state index is 0.0404. The number of amidine groups is 1. The fourth-order valence-electron chi connectivity index (χ4n) is 2.66. The first kappa shape index (κ1) is 12.8. The molecule has 0 saturated carbocycles. The van der Waals surface area contributed by atoms with E-state index in [9.17, 15) is 5.11 Å². The Kier molecular flexibility index (Phi) is 3.52. The van der Waals surface area contributed by atoms with Crippen LogP contribution >= 0.6 is 0 Å². The number of hydrogen-bond donors (Lipinski definition) is 3. The molecule has 98 valence electrons. The molecule has 5 nitrogen and oxygen atoms in total. The van der Waals surface area contributed by atoms with Crippen LogP contribution in [-0.4, -0.2) is 35.1 Å². The average Bonchev–Trinajstić information content (AvgIpc) is 2.74. The van der Waals surface area contributed by atoms with Crippen LogP contribution in [0.25, 0.3) is 0 Å². The molecule has 1 aliphatic heterocycles. The number of nitrogens with one attached hydrogen (secondary N) is 1. The smallest absolute Gasteiger partial charge is 0.140 e. The lowest BCUT2D eigenvalue weighted by Gasteiger charge is -2.27. The zero-order valence-corrected chi connectivity index (χ0v) is 10.9. The number of nitrogens with two attached hydrogens (primary N) is 1. The van der Waals surface area contributed by atoms with Crippen molar-refractivity contribution in [2.45, 2.75) is 32.7 Å². The third-order valence-electron chi connectivity index (χ3n) is 3.45. The molecule has 4 N–H and O–H groups in total. The predicted octanol–water partition coefficient (Wildman–Crippen LogP) is 0.944. The van der Waals surface area contributed by atoms with E-state index in [4.69, 9.17) is 11.1 Å². The van der Waals surface area contributed by atoms with E-state index < -0.39 is 0 Å². The molecule has 5 heteroatoms. The molecule has 1 aromatic rings. The highest BCUT2D eigenvalue weighted by Gasteiger charge is 2.28. The van der Waals surface area contributed by atoms with E-state index in [2.05, 4.69) is 9.88 Å². The summed E-state index contributed by atoms with van der Waals surface area (Å²) in [5.41, 5.74) is 8.25. The molecule has 1 aromatic heterocycles. The zero-order valence-electron chi connectivity index (χ0n) is 10.9. The van der Waals surface area contributed by atoms with E-state index in [1.165, 1.54) is 0 Å². The van der Waals surface area contributed by atoms with Crippen molar-refractivity contribution in [1.82, 2.24) is 4.98 Å². The molecule has 2 heterocycles. The van der Waals surface area contributed by atoms with Gasteiger partial charge in [-0.25, -0.2) is 4.98 Å². The van der Waals surface area contributed by atoms with E-state index in [0.717, 1.165) is 36.5 Å². The first-order valence-corrected chi connectivity index (χ1v) is 6.24. The number of aliphatic hydroxyl groups excluding tert-OH is 1. The highest BCUT2D eigenvalue weighted by molar-refractivity contribution is 6.01. The predicted molar refractivity (Wildman–Crippen MR) is 72.2 cm³/mol. The van der Waals surface area contributed by atoms with E-state index >= 15 is 0 Å². The Bertz CT molecular complexity index is 472. The lowest BCUT2D eigenvalue weighted by molar-refractivity contribution is 0.266. The van der Waals surface area contributed by atoms with Crippen molar-refractivity contribution < 1.29 is 5.11 Å². The van der Waals surface area contributed by atoms with Crippen molar-refractivity contribution in [3.05, 3.63) is 22.9 Å². The summed E-state index contributed by atoms with van der Waals surface area (Å²) in [6, 6.07) is 2.03. The van der Waals surface area contributed by atoms with Gasteiger partial charge in [-0.15, -0.1) is 0 Å². The van der Waals surface area contributed by atoms with Crippen LogP contribution < -0.4 is 10.6 Å². The molecule has 0 radical (unpaired) electrons. The summed E-state index contributed by atoms with van der Waals surface area (Å²) >= 11 is 0. The van der Waals surface area contributed by atoms with Crippen molar-refractivity contribution in [3.8, 4) is 0 Å². The van der Waals surface area contributed by atoms with Crippen molar-refractivity contribution in [3.63, 3.8) is 0 Å². The molecule has 0 aliphatic carbocycles. The maximum Gasteiger partial charge on any atom is 0.140 e. The van der Waals surface area contributed by atoms with Crippen LogP contribution in [0.1, 0.15) is 29.7 Å².